The van der Waals surface area contributed by atoms with Gasteiger partial charge in [0, 0.05) is 24.1 Å². The molecule has 2 unspecified atom stereocenters. The first-order chi connectivity index (χ1) is 10.1. The summed E-state index contributed by atoms with van der Waals surface area (Å²) in [5, 5.41) is 3.22. The summed E-state index contributed by atoms with van der Waals surface area (Å²) in [7, 11) is 1.86. The lowest BCUT2D eigenvalue weighted by molar-refractivity contribution is 0.153. The van der Waals surface area contributed by atoms with Crippen molar-refractivity contribution in [1.82, 2.24) is 5.32 Å². The fourth-order valence-electron chi connectivity index (χ4n) is 2.63. The van der Waals surface area contributed by atoms with Gasteiger partial charge in [-0.05, 0) is 46.7 Å². The molecule has 2 aromatic carbocycles. The number of fused-ring (bicyclic) bond motifs is 1. The first kappa shape index (κ1) is 14.5. The molecule has 1 N–H and O–H groups in total. The fourth-order valence-corrected chi connectivity index (χ4v) is 3.03. The fraction of sp³-hybridized carbons (Fsp3) is 0.250. The second kappa shape index (κ2) is 5.73. The molecule has 0 saturated heterocycles. The Morgan fingerprint density at radius 3 is 2.71 bits per heavy atom. The molecular weight excluding hydrogens is 340 g/mol. The summed E-state index contributed by atoms with van der Waals surface area (Å²) in [5.41, 5.74) is 1.80. The third kappa shape index (κ3) is 2.80. The van der Waals surface area contributed by atoms with Crippen LogP contribution in [0, 0.1) is 11.6 Å². The predicted octanol–water partition coefficient (Wildman–Crippen LogP) is 4.51. The van der Waals surface area contributed by atoms with Gasteiger partial charge >= 0.3 is 0 Å². The van der Waals surface area contributed by atoms with Crippen molar-refractivity contribution in [3.63, 3.8) is 0 Å². The summed E-state index contributed by atoms with van der Waals surface area (Å²) >= 11 is 3.18. The number of ether oxygens (including phenoxy) is 1. The molecule has 2 nitrogen and oxygen atoms in total. The Hall–Kier alpha value is -1.46. The number of hydrogen-bond acceptors (Lipinski definition) is 2. The van der Waals surface area contributed by atoms with Crippen molar-refractivity contribution in [2.45, 2.75) is 18.6 Å². The van der Waals surface area contributed by atoms with Crippen LogP contribution in [0.3, 0.4) is 0 Å². The molecule has 21 heavy (non-hydrogen) atoms. The number of rotatable bonds is 2. The Morgan fingerprint density at radius 2 is 2.00 bits per heavy atom. The SMILES string of the molecule is CNC1CC(c2ccc(F)c(Br)c2)Oc2cc(F)ccc21. The molecule has 110 valence electrons. The Bertz CT molecular complexity index is 677. The van der Waals surface area contributed by atoms with E-state index in [4.69, 9.17) is 4.74 Å². The molecule has 0 spiro atoms. The van der Waals surface area contributed by atoms with E-state index in [0.717, 1.165) is 11.1 Å². The van der Waals surface area contributed by atoms with Gasteiger partial charge in [0.15, 0.2) is 0 Å². The zero-order chi connectivity index (χ0) is 15.0. The summed E-state index contributed by atoms with van der Waals surface area (Å²) in [6.45, 7) is 0. The van der Waals surface area contributed by atoms with Gasteiger partial charge in [0.2, 0.25) is 0 Å². The average molecular weight is 354 g/mol. The van der Waals surface area contributed by atoms with Crippen molar-refractivity contribution >= 4 is 15.9 Å². The minimum absolute atomic E-state index is 0.0724. The normalized spacial score (nSPS) is 20.8. The third-order valence-corrected chi connectivity index (χ3v) is 4.34. The number of nitrogens with one attached hydrogen (secondary N) is 1. The van der Waals surface area contributed by atoms with Gasteiger partial charge in [0.25, 0.3) is 0 Å². The molecule has 1 heterocycles. The molecule has 1 aliphatic rings. The molecule has 0 bridgehead atoms. The zero-order valence-electron chi connectivity index (χ0n) is 11.4. The van der Waals surface area contributed by atoms with Gasteiger partial charge in [-0.1, -0.05) is 12.1 Å². The van der Waals surface area contributed by atoms with Crippen LogP contribution in [0.2, 0.25) is 0 Å². The van der Waals surface area contributed by atoms with Crippen molar-refractivity contribution in [2.75, 3.05) is 7.05 Å². The van der Waals surface area contributed by atoms with E-state index >= 15 is 0 Å². The van der Waals surface area contributed by atoms with E-state index in [0.29, 0.717) is 16.6 Å². The van der Waals surface area contributed by atoms with E-state index in [1.54, 1.807) is 18.2 Å². The monoisotopic (exact) mass is 353 g/mol. The third-order valence-electron chi connectivity index (χ3n) is 3.73. The number of halogens is 3. The van der Waals surface area contributed by atoms with Crippen molar-refractivity contribution < 1.29 is 13.5 Å². The topological polar surface area (TPSA) is 21.3 Å². The minimum atomic E-state index is -0.329. The molecule has 0 radical (unpaired) electrons. The van der Waals surface area contributed by atoms with Crippen LogP contribution >= 0.6 is 15.9 Å². The van der Waals surface area contributed by atoms with Crippen molar-refractivity contribution in [3.05, 3.63) is 63.6 Å². The highest BCUT2D eigenvalue weighted by Crippen LogP contribution is 2.41. The van der Waals surface area contributed by atoms with Gasteiger partial charge in [-0.2, -0.15) is 0 Å². The second-order valence-corrected chi connectivity index (χ2v) is 5.89. The minimum Gasteiger partial charge on any atom is -0.485 e. The van der Waals surface area contributed by atoms with Crippen LogP contribution in [0.5, 0.6) is 5.75 Å². The molecule has 0 amide bonds. The highest BCUT2D eigenvalue weighted by Gasteiger charge is 2.29. The lowest BCUT2D eigenvalue weighted by Gasteiger charge is -2.32. The molecular formula is C16H14BrF2NO. The molecule has 5 heteroatoms. The Labute approximate surface area is 130 Å². The maximum absolute atomic E-state index is 13.4. The summed E-state index contributed by atoms with van der Waals surface area (Å²) in [6.07, 6.45) is 0.460. The van der Waals surface area contributed by atoms with Crippen molar-refractivity contribution in [1.29, 1.82) is 0 Å². The molecule has 0 aliphatic carbocycles. The summed E-state index contributed by atoms with van der Waals surface area (Å²) in [4.78, 5) is 0. The van der Waals surface area contributed by atoms with E-state index in [-0.39, 0.29) is 23.8 Å². The van der Waals surface area contributed by atoms with Gasteiger partial charge in [-0.25, -0.2) is 8.78 Å². The van der Waals surface area contributed by atoms with Gasteiger partial charge in [0.05, 0.1) is 4.47 Å². The van der Waals surface area contributed by atoms with Crippen LogP contribution in [-0.2, 0) is 0 Å². The van der Waals surface area contributed by atoms with Gasteiger partial charge < -0.3 is 10.1 Å². The molecule has 0 fully saturated rings. The predicted molar refractivity (Wildman–Crippen MR) is 80.3 cm³/mol. The Balaban J connectivity index is 1.97. The van der Waals surface area contributed by atoms with Crippen LogP contribution in [0.4, 0.5) is 8.78 Å². The quantitative estimate of drug-likeness (QED) is 0.857. The van der Waals surface area contributed by atoms with E-state index in [2.05, 4.69) is 21.2 Å². The smallest absolute Gasteiger partial charge is 0.137 e. The number of benzene rings is 2. The van der Waals surface area contributed by atoms with Gasteiger partial charge in [-0.15, -0.1) is 0 Å². The van der Waals surface area contributed by atoms with E-state index in [1.807, 2.05) is 7.05 Å². The second-order valence-electron chi connectivity index (χ2n) is 5.04. The Kier molecular flexibility index (Phi) is 3.95. The van der Waals surface area contributed by atoms with Crippen LogP contribution in [0.25, 0.3) is 0 Å². The lowest BCUT2D eigenvalue weighted by Crippen LogP contribution is -2.26. The lowest BCUT2D eigenvalue weighted by atomic mass is 9.93. The number of hydrogen-bond donors (Lipinski definition) is 1. The first-order valence-corrected chi connectivity index (χ1v) is 7.46. The van der Waals surface area contributed by atoms with E-state index < -0.39 is 0 Å². The van der Waals surface area contributed by atoms with E-state index in [1.165, 1.54) is 18.2 Å². The molecule has 3 rings (SSSR count). The Morgan fingerprint density at radius 1 is 1.19 bits per heavy atom. The van der Waals surface area contributed by atoms with Gasteiger partial charge in [-0.3, -0.25) is 0 Å². The van der Waals surface area contributed by atoms with Crippen molar-refractivity contribution in [3.8, 4) is 5.75 Å². The standard InChI is InChI=1S/C16H14BrF2NO/c1-20-14-8-15(9-2-5-13(19)12(17)6-9)21-16-7-10(18)3-4-11(14)16/h2-7,14-15,20H,8H2,1H3. The first-order valence-electron chi connectivity index (χ1n) is 6.67. The van der Waals surface area contributed by atoms with Crippen molar-refractivity contribution in [2.24, 2.45) is 0 Å². The summed E-state index contributed by atoms with van der Waals surface area (Å²) in [6, 6.07) is 9.44. The maximum Gasteiger partial charge on any atom is 0.137 e. The van der Waals surface area contributed by atoms with Crippen LogP contribution in [0.15, 0.2) is 40.9 Å². The molecule has 1 aliphatic heterocycles. The van der Waals surface area contributed by atoms with E-state index in [9.17, 15) is 8.78 Å². The largest absolute Gasteiger partial charge is 0.485 e. The highest BCUT2D eigenvalue weighted by atomic mass is 79.9. The molecule has 2 atom stereocenters. The van der Waals surface area contributed by atoms with Crippen LogP contribution < -0.4 is 10.1 Å². The van der Waals surface area contributed by atoms with Gasteiger partial charge in [0.1, 0.15) is 23.5 Å². The summed E-state index contributed by atoms with van der Waals surface area (Å²) < 4.78 is 33.1. The van der Waals surface area contributed by atoms with Crippen LogP contribution in [-0.4, -0.2) is 7.05 Å². The summed E-state index contributed by atoms with van der Waals surface area (Å²) in [5.74, 6) is -0.109. The average Bonchev–Trinajstić information content (AvgIpc) is 2.48. The van der Waals surface area contributed by atoms with Crippen LogP contribution in [0.1, 0.15) is 29.7 Å². The molecule has 0 aromatic heterocycles. The molecule has 2 aromatic rings. The molecule has 0 saturated carbocycles. The highest BCUT2D eigenvalue weighted by molar-refractivity contribution is 9.10. The maximum atomic E-state index is 13.4. The zero-order valence-corrected chi connectivity index (χ0v) is 13.0.